The molecule has 0 aromatic rings. The van der Waals surface area contributed by atoms with Crippen molar-refractivity contribution in [2.75, 3.05) is 13.2 Å². The zero-order chi connectivity index (χ0) is 48.6. The van der Waals surface area contributed by atoms with Crippen molar-refractivity contribution in [1.82, 2.24) is 0 Å². The van der Waals surface area contributed by atoms with Crippen molar-refractivity contribution < 1.29 is 28.6 Å². The van der Waals surface area contributed by atoms with Crippen LogP contribution in [0.3, 0.4) is 0 Å². The summed E-state index contributed by atoms with van der Waals surface area (Å²) in [5.41, 5.74) is 0. The Labute approximate surface area is 414 Å². The minimum Gasteiger partial charge on any atom is -0.462 e. The summed E-state index contributed by atoms with van der Waals surface area (Å²) in [7, 11) is 0. The van der Waals surface area contributed by atoms with Crippen molar-refractivity contribution in [2.45, 2.75) is 271 Å². The Balaban J connectivity index is 4.46. The zero-order valence-corrected chi connectivity index (χ0v) is 43.9. The van der Waals surface area contributed by atoms with E-state index in [0.29, 0.717) is 19.3 Å². The molecule has 0 saturated carbocycles. The Hall–Kier alpha value is -3.41. The van der Waals surface area contributed by atoms with Crippen molar-refractivity contribution in [3.8, 4) is 0 Å². The van der Waals surface area contributed by atoms with Crippen LogP contribution in [0, 0.1) is 0 Å². The number of allylic oxidation sites excluding steroid dienone is 14. The number of hydrogen-bond donors (Lipinski definition) is 0. The van der Waals surface area contributed by atoms with Crippen LogP contribution in [0.4, 0.5) is 0 Å². The van der Waals surface area contributed by atoms with Crippen molar-refractivity contribution in [3.05, 3.63) is 85.1 Å². The van der Waals surface area contributed by atoms with Crippen molar-refractivity contribution in [1.29, 1.82) is 0 Å². The van der Waals surface area contributed by atoms with E-state index < -0.39 is 6.10 Å². The highest BCUT2D eigenvalue weighted by atomic mass is 16.6. The minimum atomic E-state index is -0.795. The summed E-state index contributed by atoms with van der Waals surface area (Å²) in [6.45, 7) is 6.47. The molecule has 0 amide bonds. The smallest absolute Gasteiger partial charge is 0.306 e. The summed E-state index contributed by atoms with van der Waals surface area (Å²) >= 11 is 0. The highest BCUT2D eigenvalue weighted by Gasteiger charge is 2.19. The first-order valence-corrected chi connectivity index (χ1v) is 28.1. The molecule has 1 atom stereocenters. The van der Waals surface area contributed by atoms with Crippen molar-refractivity contribution in [2.24, 2.45) is 0 Å². The molecule has 0 rings (SSSR count). The van der Waals surface area contributed by atoms with Crippen LogP contribution >= 0.6 is 0 Å². The van der Waals surface area contributed by atoms with Crippen LogP contribution < -0.4 is 0 Å². The average molecular weight is 933 g/mol. The summed E-state index contributed by atoms with van der Waals surface area (Å²) in [6, 6.07) is 0. The third-order valence-electron chi connectivity index (χ3n) is 11.9. The lowest BCUT2D eigenvalue weighted by Crippen LogP contribution is -2.30. The van der Waals surface area contributed by atoms with Gasteiger partial charge in [-0.25, -0.2) is 0 Å². The molecular formula is C61H104O6. The number of unbranched alkanes of at least 4 members (excludes halogenated alkanes) is 25. The molecule has 0 aliphatic rings. The molecule has 0 saturated heterocycles. The van der Waals surface area contributed by atoms with E-state index in [1.807, 2.05) is 0 Å². The lowest BCUT2D eigenvalue weighted by molar-refractivity contribution is -0.167. The third kappa shape index (κ3) is 53.4. The van der Waals surface area contributed by atoms with Gasteiger partial charge in [0, 0.05) is 19.3 Å². The van der Waals surface area contributed by atoms with Gasteiger partial charge in [0.15, 0.2) is 6.10 Å². The fraction of sp³-hybridized carbons (Fsp3) is 0.721. The zero-order valence-electron chi connectivity index (χ0n) is 43.9. The van der Waals surface area contributed by atoms with E-state index in [1.165, 1.54) is 103 Å². The van der Waals surface area contributed by atoms with Crippen LogP contribution in [0.25, 0.3) is 0 Å². The van der Waals surface area contributed by atoms with Crippen LogP contribution in [0.2, 0.25) is 0 Å². The molecule has 0 aromatic carbocycles. The molecule has 0 heterocycles. The molecule has 6 heteroatoms. The maximum absolute atomic E-state index is 12.8. The Morgan fingerprint density at radius 2 is 0.582 bits per heavy atom. The van der Waals surface area contributed by atoms with E-state index in [1.54, 1.807) is 0 Å². The first-order valence-electron chi connectivity index (χ1n) is 28.1. The fourth-order valence-electron chi connectivity index (χ4n) is 7.68. The Morgan fingerprint density at radius 3 is 0.940 bits per heavy atom. The van der Waals surface area contributed by atoms with E-state index in [2.05, 4.69) is 106 Å². The van der Waals surface area contributed by atoms with Gasteiger partial charge in [0.2, 0.25) is 0 Å². The van der Waals surface area contributed by atoms with Gasteiger partial charge in [-0.2, -0.15) is 0 Å². The highest BCUT2D eigenvalue weighted by molar-refractivity contribution is 5.71. The van der Waals surface area contributed by atoms with Crippen molar-refractivity contribution >= 4 is 17.9 Å². The SMILES string of the molecule is CC/C=C\C/C=C\C/C=C\C/C=C\CCCCCCC(=O)OC[C@H](COC(=O)CCCCCC/C=C\C/C=C\C/C=C\CCCCC)OC(=O)CCCCCCCCCCCCCCCCC. The molecule has 384 valence electrons. The summed E-state index contributed by atoms with van der Waals surface area (Å²) in [6.07, 6.45) is 71.3. The monoisotopic (exact) mass is 933 g/mol. The van der Waals surface area contributed by atoms with E-state index in [0.717, 1.165) is 122 Å². The Morgan fingerprint density at radius 1 is 0.313 bits per heavy atom. The van der Waals surface area contributed by atoms with Gasteiger partial charge in [0.1, 0.15) is 13.2 Å². The summed E-state index contributed by atoms with van der Waals surface area (Å²) in [5.74, 6) is -0.932. The summed E-state index contributed by atoms with van der Waals surface area (Å²) in [5, 5.41) is 0. The quantitative estimate of drug-likeness (QED) is 0.0262. The van der Waals surface area contributed by atoms with Crippen LogP contribution in [0.5, 0.6) is 0 Å². The second-order valence-electron chi connectivity index (χ2n) is 18.5. The number of carbonyl (C=O) groups is 3. The summed E-state index contributed by atoms with van der Waals surface area (Å²) in [4.78, 5) is 38.1. The molecule has 0 N–H and O–H groups in total. The van der Waals surface area contributed by atoms with Gasteiger partial charge in [0.05, 0.1) is 0 Å². The van der Waals surface area contributed by atoms with Gasteiger partial charge in [-0.15, -0.1) is 0 Å². The number of rotatable bonds is 50. The first kappa shape index (κ1) is 63.6. The van der Waals surface area contributed by atoms with E-state index in [4.69, 9.17) is 14.2 Å². The van der Waals surface area contributed by atoms with Gasteiger partial charge in [0.25, 0.3) is 0 Å². The van der Waals surface area contributed by atoms with E-state index in [9.17, 15) is 14.4 Å². The van der Waals surface area contributed by atoms with Gasteiger partial charge in [-0.1, -0.05) is 234 Å². The second kappa shape index (κ2) is 55.2. The molecular weight excluding hydrogens is 829 g/mol. The fourth-order valence-corrected chi connectivity index (χ4v) is 7.68. The standard InChI is InChI=1S/C61H104O6/c1-4-7-10-13-16-19-22-25-28-30-33-35-38-41-44-47-50-53-59(62)65-56-58(67-61(64)55-52-49-46-43-40-37-32-27-24-21-18-15-12-9-6-3)57-66-60(63)54-51-48-45-42-39-36-34-31-29-26-23-20-17-14-11-8-5-2/h7,10,16-17,19-20,25-26,28-29,33-36,58H,4-6,8-9,11-15,18,21-24,27,30-32,37-57H2,1-3H3/b10-7-,19-16-,20-17-,28-25-,29-26-,35-33-,36-34-/t58-/m1/s1. The topological polar surface area (TPSA) is 78.9 Å². The second-order valence-corrected chi connectivity index (χ2v) is 18.5. The Bertz CT molecular complexity index is 1300. The molecule has 0 aromatic heterocycles. The normalized spacial score (nSPS) is 12.7. The molecule has 67 heavy (non-hydrogen) atoms. The Kier molecular flexibility index (Phi) is 52.4. The van der Waals surface area contributed by atoms with Crippen LogP contribution in [0.1, 0.15) is 265 Å². The van der Waals surface area contributed by atoms with Gasteiger partial charge < -0.3 is 14.2 Å². The van der Waals surface area contributed by atoms with E-state index >= 15 is 0 Å². The molecule has 6 nitrogen and oxygen atoms in total. The molecule has 0 fully saturated rings. The minimum absolute atomic E-state index is 0.0947. The van der Waals surface area contributed by atoms with Gasteiger partial charge in [-0.3, -0.25) is 14.4 Å². The van der Waals surface area contributed by atoms with Crippen LogP contribution in [-0.4, -0.2) is 37.2 Å². The largest absolute Gasteiger partial charge is 0.462 e. The van der Waals surface area contributed by atoms with E-state index in [-0.39, 0.29) is 31.1 Å². The molecule has 0 bridgehead atoms. The van der Waals surface area contributed by atoms with Gasteiger partial charge >= 0.3 is 17.9 Å². The molecule has 0 aliphatic heterocycles. The molecule has 0 aliphatic carbocycles. The molecule has 0 radical (unpaired) electrons. The van der Waals surface area contributed by atoms with Gasteiger partial charge in [-0.05, 0) is 96.3 Å². The lowest BCUT2D eigenvalue weighted by Gasteiger charge is -2.18. The maximum atomic E-state index is 12.8. The number of ether oxygens (including phenoxy) is 3. The number of esters is 3. The highest BCUT2D eigenvalue weighted by Crippen LogP contribution is 2.15. The van der Waals surface area contributed by atoms with Crippen molar-refractivity contribution in [3.63, 3.8) is 0 Å². The summed E-state index contributed by atoms with van der Waals surface area (Å²) < 4.78 is 16.8. The third-order valence-corrected chi connectivity index (χ3v) is 11.9. The van der Waals surface area contributed by atoms with Crippen LogP contribution in [0.15, 0.2) is 85.1 Å². The number of carbonyl (C=O) groups excluding carboxylic acids is 3. The lowest BCUT2D eigenvalue weighted by atomic mass is 10.0. The first-order chi connectivity index (χ1) is 33.0. The predicted molar refractivity (Wildman–Crippen MR) is 288 cm³/mol. The maximum Gasteiger partial charge on any atom is 0.306 e. The molecule has 0 spiro atoms. The number of hydrogen-bond acceptors (Lipinski definition) is 6. The predicted octanol–water partition coefficient (Wildman–Crippen LogP) is 18.8. The molecule has 0 unspecified atom stereocenters. The van der Waals surface area contributed by atoms with Crippen LogP contribution in [-0.2, 0) is 28.6 Å². The average Bonchev–Trinajstić information content (AvgIpc) is 3.33.